The standard InChI is InChI=1S/C17H28N2O/c1-4-17(20)7-5-6-15-8-10-16(11-9-15)19-13-12-18-14(2)3/h8-11,14,18-19H,4-7,12-13H2,1-3H3. The van der Waals surface area contributed by atoms with Gasteiger partial charge in [-0.15, -0.1) is 0 Å². The van der Waals surface area contributed by atoms with Crippen molar-refractivity contribution < 1.29 is 4.79 Å². The fraction of sp³-hybridized carbons (Fsp3) is 0.588. The molecule has 0 atom stereocenters. The third-order valence-electron chi connectivity index (χ3n) is 3.28. The number of carbonyl (C=O) groups is 1. The number of hydrogen-bond donors (Lipinski definition) is 2. The van der Waals surface area contributed by atoms with Gasteiger partial charge in [-0.2, -0.15) is 0 Å². The molecule has 0 heterocycles. The van der Waals surface area contributed by atoms with Crippen molar-refractivity contribution in [1.29, 1.82) is 0 Å². The number of carbonyl (C=O) groups excluding carboxylic acids is 1. The number of aryl methyl sites for hydroxylation is 1. The van der Waals surface area contributed by atoms with Crippen LogP contribution in [-0.2, 0) is 11.2 Å². The first-order valence-electron chi connectivity index (χ1n) is 7.69. The van der Waals surface area contributed by atoms with E-state index in [1.807, 2.05) is 6.92 Å². The second kappa shape index (κ2) is 9.54. The number of rotatable bonds is 10. The van der Waals surface area contributed by atoms with Crippen molar-refractivity contribution in [2.45, 2.75) is 52.5 Å². The molecule has 20 heavy (non-hydrogen) atoms. The zero-order valence-corrected chi connectivity index (χ0v) is 13.0. The predicted molar refractivity (Wildman–Crippen MR) is 86.3 cm³/mol. The van der Waals surface area contributed by atoms with Gasteiger partial charge in [-0.25, -0.2) is 0 Å². The lowest BCUT2D eigenvalue weighted by atomic mass is 10.1. The lowest BCUT2D eigenvalue weighted by molar-refractivity contribution is -0.118. The van der Waals surface area contributed by atoms with Crippen LogP contribution in [0, 0.1) is 0 Å². The van der Waals surface area contributed by atoms with Gasteiger partial charge in [0.25, 0.3) is 0 Å². The fourth-order valence-corrected chi connectivity index (χ4v) is 2.02. The van der Waals surface area contributed by atoms with E-state index >= 15 is 0 Å². The van der Waals surface area contributed by atoms with Crippen LogP contribution in [-0.4, -0.2) is 24.9 Å². The topological polar surface area (TPSA) is 41.1 Å². The molecule has 0 bridgehead atoms. The van der Waals surface area contributed by atoms with Crippen LogP contribution >= 0.6 is 0 Å². The summed E-state index contributed by atoms with van der Waals surface area (Å²) >= 11 is 0. The van der Waals surface area contributed by atoms with Gasteiger partial charge in [0.1, 0.15) is 5.78 Å². The zero-order chi connectivity index (χ0) is 14.8. The maximum absolute atomic E-state index is 11.2. The summed E-state index contributed by atoms with van der Waals surface area (Å²) < 4.78 is 0. The summed E-state index contributed by atoms with van der Waals surface area (Å²) in [5, 5.41) is 6.77. The normalized spacial score (nSPS) is 10.8. The molecular weight excluding hydrogens is 248 g/mol. The zero-order valence-electron chi connectivity index (χ0n) is 13.0. The highest BCUT2D eigenvalue weighted by Crippen LogP contribution is 2.11. The van der Waals surface area contributed by atoms with E-state index in [0.717, 1.165) is 31.6 Å². The Morgan fingerprint density at radius 2 is 1.85 bits per heavy atom. The van der Waals surface area contributed by atoms with Crippen LogP contribution in [0.4, 0.5) is 5.69 Å². The van der Waals surface area contributed by atoms with Gasteiger partial charge < -0.3 is 10.6 Å². The van der Waals surface area contributed by atoms with Crippen LogP contribution < -0.4 is 10.6 Å². The second-order valence-corrected chi connectivity index (χ2v) is 5.48. The molecule has 0 amide bonds. The van der Waals surface area contributed by atoms with E-state index < -0.39 is 0 Å². The van der Waals surface area contributed by atoms with E-state index in [1.165, 1.54) is 5.56 Å². The van der Waals surface area contributed by atoms with Gasteiger partial charge in [0.15, 0.2) is 0 Å². The molecule has 2 N–H and O–H groups in total. The molecule has 1 aromatic rings. The first kappa shape index (κ1) is 16.7. The van der Waals surface area contributed by atoms with E-state index in [1.54, 1.807) is 0 Å². The first-order chi connectivity index (χ1) is 9.61. The molecule has 1 rings (SSSR count). The molecule has 0 fully saturated rings. The van der Waals surface area contributed by atoms with Gasteiger partial charge in [0, 0.05) is 37.7 Å². The highest BCUT2D eigenvalue weighted by atomic mass is 16.1. The SMILES string of the molecule is CCC(=O)CCCc1ccc(NCCNC(C)C)cc1. The lowest BCUT2D eigenvalue weighted by Gasteiger charge is -2.10. The molecule has 1 aromatic carbocycles. The summed E-state index contributed by atoms with van der Waals surface area (Å²) in [4.78, 5) is 11.2. The summed E-state index contributed by atoms with van der Waals surface area (Å²) in [6, 6.07) is 9.06. The van der Waals surface area contributed by atoms with E-state index in [9.17, 15) is 4.79 Å². The lowest BCUT2D eigenvalue weighted by Crippen LogP contribution is -2.28. The van der Waals surface area contributed by atoms with E-state index in [2.05, 4.69) is 48.7 Å². The molecular formula is C17H28N2O. The molecule has 0 radical (unpaired) electrons. The van der Waals surface area contributed by atoms with Crippen molar-refractivity contribution in [3.05, 3.63) is 29.8 Å². The minimum absolute atomic E-state index is 0.362. The minimum Gasteiger partial charge on any atom is -0.384 e. The Morgan fingerprint density at radius 1 is 1.15 bits per heavy atom. The molecule has 3 heteroatoms. The number of Topliss-reactive ketones (excluding diaryl/α,β-unsaturated/α-hetero) is 1. The number of nitrogens with one attached hydrogen (secondary N) is 2. The van der Waals surface area contributed by atoms with Crippen LogP contribution in [0.1, 0.15) is 45.6 Å². The van der Waals surface area contributed by atoms with Crippen LogP contribution in [0.25, 0.3) is 0 Å². The third kappa shape index (κ3) is 7.29. The molecule has 0 spiro atoms. The molecule has 0 aliphatic carbocycles. The number of hydrogen-bond acceptors (Lipinski definition) is 3. The quantitative estimate of drug-likeness (QED) is 0.644. The van der Waals surface area contributed by atoms with Gasteiger partial charge in [0.05, 0.1) is 0 Å². The van der Waals surface area contributed by atoms with Crippen molar-refractivity contribution >= 4 is 11.5 Å². The molecule has 0 aromatic heterocycles. The average Bonchev–Trinajstić information content (AvgIpc) is 2.44. The van der Waals surface area contributed by atoms with E-state index in [0.29, 0.717) is 24.7 Å². The van der Waals surface area contributed by atoms with Crippen LogP contribution in [0.3, 0.4) is 0 Å². The van der Waals surface area contributed by atoms with Crippen molar-refractivity contribution in [1.82, 2.24) is 5.32 Å². The molecule has 0 aliphatic rings. The molecule has 112 valence electrons. The summed E-state index contributed by atoms with van der Waals surface area (Å²) in [6.07, 6.45) is 3.31. The van der Waals surface area contributed by atoms with Crippen molar-refractivity contribution in [3.8, 4) is 0 Å². The van der Waals surface area contributed by atoms with E-state index in [-0.39, 0.29) is 0 Å². The number of anilines is 1. The van der Waals surface area contributed by atoms with Crippen molar-refractivity contribution in [3.63, 3.8) is 0 Å². The van der Waals surface area contributed by atoms with Gasteiger partial charge in [-0.1, -0.05) is 32.9 Å². The highest BCUT2D eigenvalue weighted by Gasteiger charge is 1.99. The van der Waals surface area contributed by atoms with Gasteiger partial charge >= 0.3 is 0 Å². The summed E-state index contributed by atoms with van der Waals surface area (Å²) in [7, 11) is 0. The average molecular weight is 276 g/mol. The number of benzene rings is 1. The first-order valence-corrected chi connectivity index (χ1v) is 7.69. The summed E-state index contributed by atoms with van der Waals surface area (Å²) in [5.41, 5.74) is 2.46. The van der Waals surface area contributed by atoms with Crippen LogP contribution in [0.2, 0.25) is 0 Å². The molecule has 0 saturated carbocycles. The maximum atomic E-state index is 11.2. The van der Waals surface area contributed by atoms with Gasteiger partial charge in [-0.3, -0.25) is 4.79 Å². The smallest absolute Gasteiger partial charge is 0.132 e. The van der Waals surface area contributed by atoms with Crippen molar-refractivity contribution in [2.75, 3.05) is 18.4 Å². The van der Waals surface area contributed by atoms with Crippen LogP contribution in [0.5, 0.6) is 0 Å². The van der Waals surface area contributed by atoms with E-state index in [4.69, 9.17) is 0 Å². The Kier molecular flexibility index (Phi) is 7.97. The van der Waals surface area contributed by atoms with Crippen molar-refractivity contribution in [2.24, 2.45) is 0 Å². The second-order valence-electron chi connectivity index (χ2n) is 5.48. The highest BCUT2D eigenvalue weighted by molar-refractivity contribution is 5.77. The third-order valence-corrected chi connectivity index (χ3v) is 3.28. The number of ketones is 1. The largest absolute Gasteiger partial charge is 0.384 e. The monoisotopic (exact) mass is 276 g/mol. The Bertz CT molecular complexity index is 384. The van der Waals surface area contributed by atoms with Gasteiger partial charge in [0.2, 0.25) is 0 Å². The Morgan fingerprint density at radius 3 is 2.45 bits per heavy atom. The molecule has 0 saturated heterocycles. The molecule has 0 unspecified atom stereocenters. The molecule has 3 nitrogen and oxygen atoms in total. The fourth-order valence-electron chi connectivity index (χ4n) is 2.02. The maximum Gasteiger partial charge on any atom is 0.132 e. The Balaban J connectivity index is 2.24. The Labute approximate surface area is 123 Å². The summed E-state index contributed by atoms with van der Waals surface area (Å²) in [5.74, 6) is 0.362. The predicted octanol–water partition coefficient (Wildman–Crippen LogP) is 3.40. The minimum atomic E-state index is 0.362. The molecule has 0 aliphatic heterocycles. The van der Waals surface area contributed by atoms with Crippen LogP contribution in [0.15, 0.2) is 24.3 Å². The van der Waals surface area contributed by atoms with Gasteiger partial charge in [-0.05, 0) is 30.5 Å². The Hall–Kier alpha value is -1.35. The summed E-state index contributed by atoms with van der Waals surface area (Å²) in [6.45, 7) is 8.13.